The molecule has 0 bridgehead atoms. The van der Waals surface area contributed by atoms with Crippen molar-refractivity contribution in [1.82, 2.24) is 4.90 Å². The van der Waals surface area contributed by atoms with E-state index in [2.05, 4.69) is 18.0 Å². The number of carbonyl (C=O) groups excluding carboxylic acids is 1. The fraction of sp³-hybridized carbons (Fsp3) is 0.765. The molecule has 1 unspecified atom stereocenters. The molecule has 4 heteroatoms. The van der Waals surface area contributed by atoms with Crippen LogP contribution in [0.15, 0.2) is 16.6 Å². The Bertz CT molecular complexity index is 419. The molecule has 1 rings (SSSR count). The Morgan fingerprint density at radius 1 is 1.29 bits per heavy atom. The van der Waals surface area contributed by atoms with Crippen LogP contribution in [-0.4, -0.2) is 42.4 Å². The number of hydrogen-bond donors (Lipinski definition) is 0. The highest BCUT2D eigenvalue weighted by Crippen LogP contribution is 2.23. The summed E-state index contributed by atoms with van der Waals surface area (Å²) in [5.41, 5.74) is 2.00. The zero-order valence-corrected chi connectivity index (χ0v) is 14.4. The quantitative estimate of drug-likeness (QED) is 0.721. The van der Waals surface area contributed by atoms with Crippen molar-refractivity contribution in [3.05, 3.63) is 11.6 Å². The maximum atomic E-state index is 12.2. The molecule has 0 aliphatic carbocycles. The smallest absolute Gasteiger partial charge is 0.410 e. The van der Waals surface area contributed by atoms with Gasteiger partial charge in [0, 0.05) is 31.8 Å². The van der Waals surface area contributed by atoms with Gasteiger partial charge in [-0.05, 0) is 59.5 Å². The zero-order chi connectivity index (χ0) is 16.0. The van der Waals surface area contributed by atoms with Crippen molar-refractivity contribution in [3.63, 3.8) is 0 Å². The predicted molar refractivity (Wildman–Crippen MR) is 87.9 cm³/mol. The number of likely N-dealkylation sites (tertiary alicyclic amines) is 1. The molecule has 1 atom stereocenters. The first-order valence-corrected chi connectivity index (χ1v) is 7.86. The number of nitrogens with zero attached hydrogens (tertiary/aromatic N) is 2. The minimum atomic E-state index is -0.430. The molecular weight excluding hydrogens is 264 g/mol. The first kappa shape index (κ1) is 17.7. The van der Waals surface area contributed by atoms with Crippen molar-refractivity contribution in [2.24, 2.45) is 10.9 Å². The molecule has 0 aromatic rings. The second kappa shape index (κ2) is 7.62. The van der Waals surface area contributed by atoms with Crippen molar-refractivity contribution in [2.75, 3.05) is 20.1 Å². The number of ether oxygens (including phenoxy) is 1. The fourth-order valence-electron chi connectivity index (χ4n) is 2.71. The minimum absolute atomic E-state index is 0.194. The molecule has 1 amide bonds. The Morgan fingerprint density at radius 3 is 2.48 bits per heavy atom. The number of allylic oxidation sites excluding steroid dienone is 2. The third kappa shape index (κ3) is 5.52. The largest absolute Gasteiger partial charge is 0.444 e. The van der Waals surface area contributed by atoms with Crippen LogP contribution in [0.4, 0.5) is 4.79 Å². The molecule has 21 heavy (non-hydrogen) atoms. The van der Waals surface area contributed by atoms with E-state index in [-0.39, 0.29) is 6.09 Å². The predicted octanol–water partition coefficient (Wildman–Crippen LogP) is 4.06. The summed E-state index contributed by atoms with van der Waals surface area (Å²) < 4.78 is 5.47. The molecule has 1 saturated heterocycles. The highest BCUT2D eigenvalue weighted by Gasteiger charge is 2.27. The van der Waals surface area contributed by atoms with E-state index in [1.54, 1.807) is 0 Å². The van der Waals surface area contributed by atoms with Gasteiger partial charge >= 0.3 is 6.09 Å². The summed E-state index contributed by atoms with van der Waals surface area (Å²) in [6, 6.07) is 0. The van der Waals surface area contributed by atoms with E-state index < -0.39 is 5.60 Å². The van der Waals surface area contributed by atoms with E-state index in [0.29, 0.717) is 5.92 Å². The van der Waals surface area contributed by atoms with Crippen molar-refractivity contribution in [2.45, 2.75) is 59.5 Å². The lowest BCUT2D eigenvalue weighted by Crippen LogP contribution is -2.37. The average Bonchev–Trinajstić information content (AvgIpc) is 2.63. The second-order valence-corrected chi connectivity index (χ2v) is 6.68. The molecule has 0 N–H and O–H groups in total. The Kier molecular flexibility index (Phi) is 6.43. The van der Waals surface area contributed by atoms with Crippen LogP contribution < -0.4 is 0 Å². The summed E-state index contributed by atoms with van der Waals surface area (Å²) in [4.78, 5) is 18.5. The van der Waals surface area contributed by atoms with Crippen LogP contribution in [0, 0.1) is 5.92 Å². The Hall–Kier alpha value is -1.32. The topological polar surface area (TPSA) is 41.9 Å². The maximum absolute atomic E-state index is 12.2. The lowest BCUT2D eigenvalue weighted by atomic mass is 9.90. The molecule has 0 saturated carbocycles. The second-order valence-electron chi connectivity index (χ2n) is 6.68. The summed E-state index contributed by atoms with van der Waals surface area (Å²) in [5.74, 6) is 0.443. The van der Waals surface area contributed by atoms with Gasteiger partial charge in [-0.25, -0.2) is 4.79 Å². The summed E-state index contributed by atoms with van der Waals surface area (Å²) in [6.07, 6.45) is 4.95. The normalized spacial score (nSPS) is 22.0. The van der Waals surface area contributed by atoms with Gasteiger partial charge in [-0.2, -0.15) is 0 Å². The fourth-order valence-corrected chi connectivity index (χ4v) is 2.71. The lowest BCUT2D eigenvalue weighted by molar-refractivity contribution is 0.0256. The molecule has 0 aromatic heterocycles. The van der Waals surface area contributed by atoms with Gasteiger partial charge in [0.05, 0.1) is 0 Å². The molecule has 1 heterocycles. The summed E-state index contributed by atoms with van der Waals surface area (Å²) in [7, 11) is 1.86. The maximum Gasteiger partial charge on any atom is 0.410 e. The number of rotatable bonds is 2. The van der Waals surface area contributed by atoms with Crippen LogP contribution in [0.5, 0.6) is 0 Å². The van der Waals surface area contributed by atoms with Gasteiger partial charge in [0.1, 0.15) is 5.60 Å². The van der Waals surface area contributed by atoms with Gasteiger partial charge in [0.15, 0.2) is 0 Å². The Balaban J connectivity index is 2.68. The van der Waals surface area contributed by atoms with E-state index in [1.165, 1.54) is 11.3 Å². The lowest BCUT2D eigenvalue weighted by Gasteiger charge is -2.26. The Labute approximate surface area is 129 Å². The number of carbonyl (C=O) groups is 1. The first-order valence-electron chi connectivity index (χ1n) is 7.86. The van der Waals surface area contributed by atoms with Crippen LogP contribution in [-0.2, 0) is 4.74 Å². The van der Waals surface area contributed by atoms with E-state index >= 15 is 0 Å². The minimum Gasteiger partial charge on any atom is -0.444 e. The highest BCUT2D eigenvalue weighted by molar-refractivity contribution is 6.01. The van der Waals surface area contributed by atoms with Gasteiger partial charge in [0.25, 0.3) is 0 Å². The highest BCUT2D eigenvalue weighted by atomic mass is 16.6. The zero-order valence-electron chi connectivity index (χ0n) is 14.4. The average molecular weight is 294 g/mol. The van der Waals surface area contributed by atoms with Crippen LogP contribution in [0.1, 0.15) is 53.9 Å². The van der Waals surface area contributed by atoms with Crippen molar-refractivity contribution < 1.29 is 9.53 Å². The van der Waals surface area contributed by atoms with Crippen molar-refractivity contribution in [3.8, 4) is 0 Å². The monoisotopic (exact) mass is 294 g/mol. The van der Waals surface area contributed by atoms with E-state index in [0.717, 1.165) is 32.4 Å². The van der Waals surface area contributed by atoms with Crippen molar-refractivity contribution in [1.29, 1.82) is 0 Å². The van der Waals surface area contributed by atoms with Crippen LogP contribution in [0.25, 0.3) is 0 Å². The summed E-state index contributed by atoms with van der Waals surface area (Å²) in [5, 5.41) is 0. The molecule has 1 aliphatic rings. The van der Waals surface area contributed by atoms with Gasteiger partial charge < -0.3 is 9.64 Å². The van der Waals surface area contributed by atoms with Gasteiger partial charge in [-0.15, -0.1) is 0 Å². The van der Waals surface area contributed by atoms with Gasteiger partial charge in [-0.3, -0.25) is 4.99 Å². The van der Waals surface area contributed by atoms with E-state index in [1.807, 2.05) is 39.6 Å². The molecule has 4 nitrogen and oxygen atoms in total. The SMILES string of the molecule is C/C=C(\C)C(=NC)C1CCCN(C(=O)OC(C)(C)C)CC1. The molecule has 0 aromatic carbocycles. The molecule has 0 radical (unpaired) electrons. The molecule has 1 aliphatic heterocycles. The standard InChI is InChI=1S/C17H30N2O2/c1-7-13(2)15(18-6)14-9-8-11-19(12-10-14)16(20)21-17(3,4)5/h7,14H,8-12H2,1-6H3/b13-7+,18-15?. The van der Waals surface area contributed by atoms with Crippen LogP contribution in [0.2, 0.25) is 0 Å². The first-order chi connectivity index (χ1) is 9.78. The summed E-state index contributed by atoms with van der Waals surface area (Å²) >= 11 is 0. The third-order valence-corrected chi connectivity index (χ3v) is 3.84. The van der Waals surface area contributed by atoms with E-state index in [9.17, 15) is 4.79 Å². The third-order valence-electron chi connectivity index (χ3n) is 3.84. The molecular formula is C17H30N2O2. The molecule has 0 spiro atoms. The number of amides is 1. The molecule has 1 fully saturated rings. The van der Waals surface area contributed by atoms with Gasteiger partial charge in [-0.1, -0.05) is 6.08 Å². The van der Waals surface area contributed by atoms with E-state index in [4.69, 9.17) is 4.74 Å². The number of hydrogen-bond acceptors (Lipinski definition) is 3. The van der Waals surface area contributed by atoms with Crippen LogP contribution >= 0.6 is 0 Å². The van der Waals surface area contributed by atoms with Gasteiger partial charge in [0.2, 0.25) is 0 Å². The number of aliphatic imine (C=N–C) groups is 1. The Morgan fingerprint density at radius 2 is 1.95 bits per heavy atom. The van der Waals surface area contributed by atoms with Crippen LogP contribution in [0.3, 0.4) is 0 Å². The van der Waals surface area contributed by atoms with Crippen molar-refractivity contribution >= 4 is 11.8 Å². The molecule has 120 valence electrons. The summed E-state index contributed by atoms with van der Waals surface area (Å²) in [6.45, 7) is 11.4.